The van der Waals surface area contributed by atoms with Crippen LogP contribution >= 0.6 is 11.6 Å². The van der Waals surface area contributed by atoms with Gasteiger partial charge in [0.15, 0.2) is 0 Å². The van der Waals surface area contributed by atoms with Gasteiger partial charge in [0.1, 0.15) is 0 Å². The molecular weight excluding hydrogens is 252 g/mol. The minimum atomic E-state index is -0.126. The van der Waals surface area contributed by atoms with E-state index in [0.29, 0.717) is 23.2 Å². The van der Waals surface area contributed by atoms with E-state index in [1.807, 2.05) is 19.1 Å². The average Bonchev–Trinajstić information content (AvgIpc) is 2.32. The zero-order chi connectivity index (χ0) is 13.4. The topological polar surface area (TPSA) is 61.4 Å². The molecule has 0 heterocycles. The summed E-state index contributed by atoms with van der Waals surface area (Å²) in [4.78, 5) is 11.6. The fourth-order valence-electron chi connectivity index (χ4n) is 1.51. The van der Waals surface area contributed by atoms with E-state index in [-0.39, 0.29) is 19.1 Å². The van der Waals surface area contributed by atoms with E-state index in [4.69, 9.17) is 16.7 Å². The van der Waals surface area contributed by atoms with E-state index in [9.17, 15) is 4.79 Å². The summed E-state index contributed by atoms with van der Waals surface area (Å²) in [6, 6.07) is 7.12. The summed E-state index contributed by atoms with van der Waals surface area (Å²) in [5.74, 6) is 0.224. The molecule has 5 heteroatoms. The van der Waals surface area contributed by atoms with E-state index >= 15 is 0 Å². The van der Waals surface area contributed by atoms with Gasteiger partial charge in [-0.1, -0.05) is 30.7 Å². The van der Waals surface area contributed by atoms with Gasteiger partial charge < -0.3 is 15.7 Å². The zero-order valence-corrected chi connectivity index (χ0v) is 11.2. The first-order valence-corrected chi connectivity index (χ1v) is 6.37. The highest BCUT2D eigenvalue weighted by atomic mass is 35.5. The van der Waals surface area contributed by atoms with Crippen molar-refractivity contribution in [1.29, 1.82) is 0 Å². The van der Waals surface area contributed by atoms with Crippen LogP contribution in [0.2, 0.25) is 5.02 Å². The van der Waals surface area contributed by atoms with Crippen molar-refractivity contribution >= 4 is 23.2 Å². The Morgan fingerprint density at radius 2 is 2.17 bits per heavy atom. The molecule has 0 radical (unpaired) electrons. The molecule has 0 spiro atoms. The van der Waals surface area contributed by atoms with Gasteiger partial charge in [0.05, 0.1) is 17.3 Å². The van der Waals surface area contributed by atoms with E-state index in [0.717, 1.165) is 6.42 Å². The molecule has 1 aromatic rings. The number of halogens is 1. The number of aliphatic hydroxyl groups is 1. The molecule has 0 aromatic heterocycles. The predicted molar refractivity (Wildman–Crippen MR) is 73.8 cm³/mol. The summed E-state index contributed by atoms with van der Waals surface area (Å²) in [7, 11) is 0. The second-order valence-electron chi connectivity index (χ2n) is 4.28. The van der Waals surface area contributed by atoms with Crippen molar-refractivity contribution in [2.75, 3.05) is 25.0 Å². The quantitative estimate of drug-likeness (QED) is 0.709. The van der Waals surface area contributed by atoms with Crippen LogP contribution in [0.3, 0.4) is 0 Å². The number of amides is 1. The molecule has 1 rings (SSSR count). The molecule has 0 aliphatic rings. The molecule has 1 amide bonds. The average molecular weight is 271 g/mol. The van der Waals surface area contributed by atoms with Gasteiger partial charge in [-0.3, -0.25) is 4.79 Å². The lowest BCUT2D eigenvalue weighted by Crippen LogP contribution is -2.31. The Morgan fingerprint density at radius 1 is 1.44 bits per heavy atom. The third-order valence-corrected chi connectivity index (χ3v) is 2.88. The maximum atomic E-state index is 11.6. The van der Waals surface area contributed by atoms with Gasteiger partial charge in [0.25, 0.3) is 0 Å². The standard InChI is InChI=1S/C13H19ClN2O2/c1-10(6-7-17)8-15-9-13(18)16-12-5-3-2-4-11(12)14/h2-5,10,15,17H,6-9H2,1H3,(H,16,18). The summed E-state index contributed by atoms with van der Waals surface area (Å²) in [6.45, 7) is 3.14. The van der Waals surface area contributed by atoms with Crippen LogP contribution in [0.25, 0.3) is 0 Å². The van der Waals surface area contributed by atoms with Gasteiger partial charge in [0.2, 0.25) is 5.91 Å². The van der Waals surface area contributed by atoms with Gasteiger partial charge in [-0.25, -0.2) is 0 Å². The number of aliphatic hydroxyl groups excluding tert-OH is 1. The summed E-state index contributed by atoms with van der Waals surface area (Å²) < 4.78 is 0. The van der Waals surface area contributed by atoms with Crippen LogP contribution < -0.4 is 10.6 Å². The molecule has 1 aromatic carbocycles. The highest BCUT2D eigenvalue weighted by Crippen LogP contribution is 2.19. The molecule has 0 bridgehead atoms. The van der Waals surface area contributed by atoms with Gasteiger partial charge in [-0.05, 0) is 31.0 Å². The second kappa shape index (κ2) is 8.08. The van der Waals surface area contributed by atoms with Gasteiger partial charge in [-0.15, -0.1) is 0 Å². The van der Waals surface area contributed by atoms with E-state index in [1.54, 1.807) is 12.1 Å². The summed E-state index contributed by atoms with van der Waals surface area (Å²) in [6.07, 6.45) is 0.735. The Morgan fingerprint density at radius 3 is 2.83 bits per heavy atom. The lowest BCUT2D eigenvalue weighted by atomic mass is 10.1. The van der Waals surface area contributed by atoms with E-state index in [2.05, 4.69) is 10.6 Å². The van der Waals surface area contributed by atoms with Crippen molar-refractivity contribution in [3.63, 3.8) is 0 Å². The molecule has 100 valence electrons. The first kappa shape index (κ1) is 15.0. The van der Waals surface area contributed by atoms with Crippen LogP contribution in [0.15, 0.2) is 24.3 Å². The monoisotopic (exact) mass is 270 g/mol. The van der Waals surface area contributed by atoms with E-state index < -0.39 is 0 Å². The number of nitrogens with one attached hydrogen (secondary N) is 2. The third kappa shape index (κ3) is 5.49. The molecule has 18 heavy (non-hydrogen) atoms. The molecule has 3 N–H and O–H groups in total. The normalized spacial score (nSPS) is 12.2. The number of carbonyl (C=O) groups excluding carboxylic acids is 1. The molecule has 1 atom stereocenters. The predicted octanol–water partition coefficient (Wildman–Crippen LogP) is 1.89. The lowest BCUT2D eigenvalue weighted by molar-refractivity contribution is -0.115. The number of carbonyl (C=O) groups is 1. The van der Waals surface area contributed by atoms with Crippen molar-refractivity contribution in [2.24, 2.45) is 5.92 Å². The van der Waals surface area contributed by atoms with Gasteiger partial charge in [-0.2, -0.15) is 0 Å². The number of hydrogen-bond donors (Lipinski definition) is 3. The Kier molecular flexibility index (Phi) is 6.72. The molecular formula is C13H19ClN2O2. The maximum Gasteiger partial charge on any atom is 0.238 e. The second-order valence-corrected chi connectivity index (χ2v) is 4.68. The minimum Gasteiger partial charge on any atom is -0.396 e. The maximum absolute atomic E-state index is 11.6. The highest BCUT2D eigenvalue weighted by Gasteiger charge is 2.06. The van der Waals surface area contributed by atoms with Crippen molar-refractivity contribution in [3.05, 3.63) is 29.3 Å². The van der Waals surface area contributed by atoms with Crippen LogP contribution in [0.1, 0.15) is 13.3 Å². The number of rotatable bonds is 7. The van der Waals surface area contributed by atoms with Gasteiger partial charge >= 0.3 is 0 Å². The molecule has 1 unspecified atom stereocenters. The fraction of sp³-hybridized carbons (Fsp3) is 0.462. The highest BCUT2D eigenvalue weighted by molar-refractivity contribution is 6.33. The fourth-order valence-corrected chi connectivity index (χ4v) is 1.69. The van der Waals surface area contributed by atoms with Crippen LogP contribution in [-0.2, 0) is 4.79 Å². The summed E-state index contributed by atoms with van der Waals surface area (Å²) in [5, 5.41) is 15.1. The smallest absolute Gasteiger partial charge is 0.238 e. The summed E-state index contributed by atoms with van der Waals surface area (Å²) >= 11 is 5.93. The van der Waals surface area contributed by atoms with Crippen LogP contribution in [0, 0.1) is 5.92 Å². The number of para-hydroxylation sites is 1. The Balaban J connectivity index is 2.28. The van der Waals surface area contributed by atoms with Crippen molar-refractivity contribution in [2.45, 2.75) is 13.3 Å². The van der Waals surface area contributed by atoms with Crippen molar-refractivity contribution in [3.8, 4) is 0 Å². The third-order valence-electron chi connectivity index (χ3n) is 2.55. The number of anilines is 1. The molecule has 4 nitrogen and oxygen atoms in total. The summed E-state index contributed by atoms with van der Waals surface area (Å²) in [5.41, 5.74) is 0.620. The van der Waals surface area contributed by atoms with Gasteiger partial charge in [0, 0.05) is 6.61 Å². The molecule has 0 saturated carbocycles. The first-order valence-electron chi connectivity index (χ1n) is 5.99. The van der Waals surface area contributed by atoms with Crippen LogP contribution in [0.4, 0.5) is 5.69 Å². The molecule has 0 aliphatic carbocycles. The molecule has 0 aliphatic heterocycles. The van der Waals surface area contributed by atoms with Crippen LogP contribution in [-0.4, -0.2) is 30.7 Å². The largest absolute Gasteiger partial charge is 0.396 e. The SMILES string of the molecule is CC(CCO)CNCC(=O)Nc1ccccc1Cl. The number of hydrogen-bond acceptors (Lipinski definition) is 3. The van der Waals surface area contributed by atoms with Crippen molar-refractivity contribution < 1.29 is 9.90 Å². The molecule has 0 saturated heterocycles. The Hall–Kier alpha value is -1.10. The Labute approximate surface area is 112 Å². The molecule has 0 fully saturated rings. The lowest BCUT2D eigenvalue weighted by Gasteiger charge is -2.11. The van der Waals surface area contributed by atoms with Crippen LogP contribution in [0.5, 0.6) is 0 Å². The number of benzene rings is 1. The minimum absolute atomic E-state index is 0.126. The Bertz CT molecular complexity index is 385. The van der Waals surface area contributed by atoms with Crippen molar-refractivity contribution in [1.82, 2.24) is 5.32 Å². The zero-order valence-electron chi connectivity index (χ0n) is 10.4. The first-order chi connectivity index (χ1) is 8.63. The van der Waals surface area contributed by atoms with E-state index in [1.165, 1.54) is 0 Å².